The fourth-order valence-corrected chi connectivity index (χ4v) is 3.04. The van der Waals surface area contributed by atoms with Crippen molar-refractivity contribution in [1.29, 1.82) is 0 Å². The Balaban J connectivity index is 1.52. The normalized spacial score (nSPS) is 14.4. The summed E-state index contributed by atoms with van der Waals surface area (Å²) in [7, 11) is 1.37. The van der Waals surface area contributed by atoms with Gasteiger partial charge in [0.2, 0.25) is 0 Å². The predicted octanol–water partition coefficient (Wildman–Crippen LogP) is 2.62. The van der Waals surface area contributed by atoms with Crippen LogP contribution in [0.15, 0.2) is 41.2 Å². The smallest absolute Gasteiger partial charge is 0.319 e. The molecule has 0 bridgehead atoms. The Morgan fingerprint density at radius 1 is 1.29 bits per heavy atom. The molecule has 1 fully saturated rings. The molecule has 2 N–H and O–H groups in total. The van der Waals surface area contributed by atoms with Crippen molar-refractivity contribution in [3.63, 3.8) is 0 Å². The standard InChI is InChI=1S/C18H20N4O6/c1-27-16-10-14(22(25)26)2-3-15(16)20-18(24)19-13-4-7-21(8-5-13)17(23)12-6-9-28-11-12/h2-3,6,9-11,13H,4-5,7-8H2,1H3,(H2,19,20,24). The zero-order chi connectivity index (χ0) is 20.1. The summed E-state index contributed by atoms with van der Waals surface area (Å²) in [5.41, 5.74) is 0.713. The molecule has 10 heteroatoms. The van der Waals surface area contributed by atoms with Crippen LogP contribution in [-0.4, -0.2) is 48.0 Å². The number of likely N-dealkylation sites (tertiary alicyclic amines) is 1. The molecule has 1 aliphatic heterocycles. The first-order valence-electron chi connectivity index (χ1n) is 8.69. The highest BCUT2D eigenvalue weighted by molar-refractivity contribution is 5.94. The Labute approximate surface area is 160 Å². The van der Waals surface area contributed by atoms with Crippen LogP contribution < -0.4 is 15.4 Å². The van der Waals surface area contributed by atoms with Gasteiger partial charge < -0.3 is 24.7 Å². The topological polar surface area (TPSA) is 127 Å². The van der Waals surface area contributed by atoms with Crippen LogP contribution in [0, 0.1) is 10.1 Å². The van der Waals surface area contributed by atoms with Crippen LogP contribution in [0.1, 0.15) is 23.2 Å². The summed E-state index contributed by atoms with van der Waals surface area (Å²) in [5.74, 6) is 0.108. The van der Waals surface area contributed by atoms with E-state index in [2.05, 4.69) is 10.6 Å². The van der Waals surface area contributed by atoms with E-state index in [-0.39, 0.29) is 23.4 Å². The maximum absolute atomic E-state index is 12.3. The lowest BCUT2D eigenvalue weighted by Gasteiger charge is -2.32. The van der Waals surface area contributed by atoms with Gasteiger partial charge >= 0.3 is 6.03 Å². The van der Waals surface area contributed by atoms with E-state index in [1.165, 1.54) is 37.8 Å². The number of nitro groups is 1. The zero-order valence-electron chi connectivity index (χ0n) is 15.2. The average molecular weight is 388 g/mol. The Hall–Kier alpha value is -3.56. The third kappa shape index (κ3) is 4.40. The highest BCUT2D eigenvalue weighted by atomic mass is 16.6. The summed E-state index contributed by atoms with van der Waals surface area (Å²) in [6, 6.07) is 5.05. The van der Waals surface area contributed by atoms with E-state index in [1.807, 2.05) is 0 Å². The summed E-state index contributed by atoms with van der Waals surface area (Å²) < 4.78 is 10.0. The van der Waals surface area contributed by atoms with Crippen molar-refractivity contribution in [1.82, 2.24) is 10.2 Å². The van der Waals surface area contributed by atoms with Gasteiger partial charge in [0.15, 0.2) is 0 Å². The molecule has 1 aromatic heterocycles. The van der Waals surface area contributed by atoms with Gasteiger partial charge in [0.05, 0.1) is 35.6 Å². The number of furan rings is 1. The number of non-ortho nitro benzene ring substituents is 1. The van der Waals surface area contributed by atoms with Crippen molar-refractivity contribution >= 4 is 23.3 Å². The Kier molecular flexibility index (Phi) is 5.78. The molecule has 0 radical (unpaired) electrons. The number of nitrogens with one attached hydrogen (secondary N) is 2. The molecule has 0 aliphatic carbocycles. The van der Waals surface area contributed by atoms with Crippen LogP contribution in [0.5, 0.6) is 5.75 Å². The van der Waals surface area contributed by atoms with Crippen molar-refractivity contribution < 1.29 is 23.7 Å². The molecule has 1 aromatic carbocycles. The molecule has 0 atom stereocenters. The first-order chi connectivity index (χ1) is 13.5. The number of nitro benzene ring substituents is 1. The zero-order valence-corrected chi connectivity index (χ0v) is 15.2. The minimum Gasteiger partial charge on any atom is -0.494 e. The Bertz CT molecular complexity index is 859. The van der Waals surface area contributed by atoms with Crippen LogP contribution in [0.4, 0.5) is 16.2 Å². The lowest BCUT2D eigenvalue weighted by Crippen LogP contribution is -2.47. The predicted molar refractivity (Wildman–Crippen MR) is 99.4 cm³/mol. The highest BCUT2D eigenvalue weighted by Gasteiger charge is 2.25. The summed E-state index contributed by atoms with van der Waals surface area (Å²) in [6.07, 6.45) is 4.11. The fraction of sp³-hybridized carbons (Fsp3) is 0.333. The number of carbonyl (C=O) groups excluding carboxylic acids is 2. The summed E-state index contributed by atoms with van der Waals surface area (Å²) >= 11 is 0. The number of hydrogen-bond acceptors (Lipinski definition) is 6. The van der Waals surface area contributed by atoms with Crippen LogP contribution in [0.3, 0.4) is 0 Å². The highest BCUT2D eigenvalue weighted by Crippen LogP contribution is 2.29. The molecule has 148 valence electrons. The molecule has 3 amide bonds. The van der Waals surface area contributed by atoms with Crippen molar-refractivity contribution in [2.24, 2.45) is 0 Å². The number of piperidine rings is 1. The fourth-order valence-electron chi connectivity index (χ4n) is 3.04. The molecular formula is C18H20N4O6. The largest absolute Gasteiger partial charge is 0.494 e. The van der Waals surface area contributed by atoms with Gasteiger partial charge in [-0.05, 0) is 25.0 Å². The van der Waals surface area contributed by atoms with E-state index >= 15 is 0 Å². The number of benzene rings is 1. The van der Waals surface area contributed by atoms with E-state index in [0.717, 1.165) is 0 Å². The van der Waals surface area contributed by atoms with Crippen molar-refractivity contribution in [3.05, 3.63) is 52.5 Å². The van der Waals surface area contributed by atoms with Crippen LogP contribution >= 0.6 is 0 Å². The maximum atomic E-state index is 12.3. The molecule has 0 unspecified atom stereocenters. The lowest BCUT2D eigenvalue weighted by molar-refractivity contribution is -0.384. The van der Waals surface area contributed by atoms with Crippen molar-refractivity contribution in [2.45, 2.75) is 18.9 Å². The summed E-state index contributed by atoms with van der Waals surface area (Å²) in [6.45, 7) is 1.05. The van der Waals surface area contributed by atoms with E-state index < -0.39 is 11.0 Å². The molecule has 1 aliphatic rings. The summed E-state index contributed by atoms with van der Waals surface area (Å²) in [4.78, 5) is 36.6. The van der Waals surface area contributed by atoms with Crippen LogP contribution in [0.2, 0.25) is 0 Å². The molecule has 28 heavy (non-hydrogen) atoms. The minimum atomic E-state index is -0.537. The first kappa shape index (κ1) is 19.2. The number of anilines is 1. The summed E-state index contributed by atoms with van der Waals surface area (Å²) in [5, 5.41) is 16.3. The van der Waals surface area contributed by atoms with Gasteiger partial charge in [-0.3, -0.25) is 14.9 Å². The van der Waals surface area contributed by atoms with Crippen molar-refractivity contribution in [3.8, 4) is 5.75 Å². The molecule has 2 heterocycles. The number of urea groups is 1. The molecular weight excluding hydrogens is 368 g/mol. The van der Waals surface area contributed by atoms with Gasteiger partial charge in [-0.25, -0.2) is 4.79 Å². The number of carbonyl (C=O) groups is 2. The van der Waals surface area contributed by atoms with E-state index in [0.29, 0.717) is 37.2 Å². The van der Waals surface area contributed by atoms with Gasteiger partial charge in [0.1, 0.15) is 12.0 Å². The third-order valence-electron chi connectivity index (χ3n) is 4.53. The van der Waals surface area contributed by atoms with Crippen LogP contribution in [0.25, 0.3) is 0 Å². The molecule has 0 saturated carbocycles. The van der Waals surface area contributed by atoms with Gasteiger partial charge in [0, 0.05) is 25.2 Å². The molecule has 2 aromatic rings. The van der Waals surface area contributed by atoms with E-state index in [9.17, 15) is 19.7 Å². The quantitative estimate of drug-likeness (QED) is 0.599. The number of methoxy groups -OCH3 is 1. The number of ether oxygens (including phenoxy) is 1. The lowest BCUT2D eigenvalue weighted by atomic mass is 10.0. The number of amides is 3. The second kappa shape index (κ2) is 8.42. The van der Waals surface area contributed by atoms with Gasteiger partial charge in [-0.1, -0.05) is 0 Å². The number of hydrogen-bond donors (Lipinski definition) is 2. The van der Waals surface area contributed by atoms with Gasteiger partial charge in [0.25, 0.3) is 11.6 Å². The Morgan fingerprint density at radius 3 is 2.64 bits per heavy atom. The monoisotopic (exact) mass is 388 g/mol. The maximum Gasteiger partial charge on any atom is 0.319 e. The van der Waals surface area contributed by atoms with Crippen molar-refractivity contribution in [2.75, 3.05) is 25.5 Å². The number of rotatable bonds is 5. The van der Waals surface area contributed by atoms with Crippen LogP contribution in [-0.2, 0) is 0 Å². The molecule has 0 spiro atoms. The number of nitrogens with zero attached hydrogens (tertiary/aromatic N) is 2. The molecule has 10 nitrogen and oxygen atoms in total. The molecule has 3 rings (SSSR count). The van der Waals surface area contributed by atoms with E-state index in [4.69, 9.17) is 9.15 Å². The Morgan fingerprint density at radius 2 is 2.04 bits per heavy atom. The minimum absolute atomic E-state index is 0.0857. The second-order valence-corrected chi connectivity index (χ2v) is 6.32. The van der Waals surface area contributed by atoms with E-state index in [1.54, 1.807) is 11.0 Å². The van der Waals surface area contributed by atoms with Gasteiger partial charge in [-0.15, -0.1) is 0 Å². The first-order valence-corrected chi connectivity index (χ1v) is 8.69. The second-order valence-electron chi connectivity index (χ2n) is 6.32. The average Bonchev–Trinajstić information content (AvgIpc) is 3.23. The van der Waals surface area contributed by atoms with Gasteiger partial charge in [-0.2, -0.15) is 0 Å². The molecule has 1 saturated heterocycles. The third-order valence-corrected chi connectivity index (χ3v) is 4.53. The SMILES string of the molecule is COc1cc([N+](=O)[O-])ccc1NC(=O)NC1CCN(C(=O)c2ccoc2)CC1.